The maximum Gasteiger partial charge on any atom is 0.224 e. The molecule has 2 rings (SSSR count). The first kappa shape index (κ1) is 15.5. The minimum atomic E-state index is 0.0893. The van der Waals surface area contributed by atoms with Crippen molar-refractivity contribution in [2.45, 2.75) is 46.6 Å². The molecular weight excluding hydrogens is 260 g/mol. The molecule has 0 fully saturated rings. The quantitative estimate of drug-likeness (QED) is 0.916. The summed E-state index contributed by atoms with van der Waals surface area (Å²) in [7, 11) is 0. The van der Waals surface area contributed by atoms with Gasteiger partial charge in [0.1, 0.15) is 5.75 Å². The Morgan fingerprint density at radius 2 is 1.86 bits per heavy atom. The Morgan fingerprint density at radius 3 is 2.48 bits per heavy atom. The van der Waals surface area contributed by atoms with Crippen molar-refractivity contribution in [3.63, 3.8) is 0 Å². The number of nitrogens with two attached hydrogens (primary N) is 1. The smallest absolute Gasteiger partial charge is 0.224 e. The van der Waals surface area contributed by atoms with Crippen LogP contribution in [0.1, 0.15) is 43.2 Å². The lowest BCUT2D eigenvalue weighted by atomic mass is 9.87. The van der Waals surface area contributed by atoms with Crippen molar-refractivity contribution >= 4 is 0 Å². The zero-order valence-electron chi connectivity index (χ0n) is 13.5. The number of ether oxygens (including phenoxy) is 1. The third-order valence-electron chi connectivity index (χ3n) is 3.56. The molecule has 0 aliphatic carbocycles. The van der Waals surface area contributed by atoms with Gasteiger partial charge in [-0.2, -0.15) is 0 Å². The van der Waals surface area contributed by atoms with Crippen LogP contribution in [0.25, 0.3) is 0 Å². The molecule has 0 aliphatic heterocycles. The summed E-state index contributed by atoms with van der Waals surface area (Å²) in [5, 5.41) is 0. The van der Waals surface area contributed by atoms with Crippen molar-refractivity contribution in [1.29, 1.82) is 0 Å². The maximum absolute atomic E-state index is 6.01. The zero-order chi connectivity index (χ0) is 15.6. The normalized spacial score (nSPS) is 11.5. The Balaban J connectivity index is 2.39. The summed E-state index contributed by atoms with van der Waals surface area (Å²) < 4.78 is 6.01. The second-order valence-electron chi connectivity index (χ2n) is 6.45. The molecule has 0 aliphatic rings. The van der Waals surface area contributed by atoms with Crippen LogP contribution in [0.5, 0.6) is 11.6 Å². The van der Waals surface area contributed by atoms with E-state index in [1.54, 1.807) is 0 Å². The number of aromatic nitrogens is 1. The van der Waals surface area contributed by atoms with Gasteiger partial charge >= 0.3 is 0 Å². The lowest BCUT2D eigenvalue weighted by Crippen LogP contribution is -2.11. The molecule has 0 saturated carbocycles. The molecule has 21 heavy (non-hydrogen) atoms. The van der Waals surface area contributed by atoms with Gasteiger partial charge in [0.25, 0.3) is 0 Å². The van der Waals surface area contributed by atoms with Crippen molar-refractivity contribution < 1.29 is 4.74 Å². The summed E-state index contributed by atoms with van der Waals surface area (Å²) in [4.78, 5) is 4.49. The van der Waals surface area contributed by atoms with Crippen LogP contribution in [0.15, 0.2) is 30.3 Å². The molecule has 112 valence electrons. The number of hydrogen-bond donors (Lipinski definition) is 1. The predicted octanol–water partition coefficient (Wildman–Crippen LogP) is 4.25. The van der Waals surface area contributed by atoms with Gasteiger partial charge in [-0.3, -0.25) is 0 Å². The Morgan fingerprint density at radius 1 is 1.14 bits per heavy atom. The van der Waals surface area contributed by atoms with E-state index in [-0.39, 0.29) is 5.41 Å². The number of nitrogens with zero attached hydrogens (tertiary/aromatic N) is 1. The van der Waals surface area contributed by atoms with Gasteiger partial charge < -0.3 is 10.5 Å². The van der Waals surface area contributed by atoms with Gasteiger partial charge in [-0.05, 0) is 48.6 Å². The van der Waals surface area contributed by atoms with Crippen LogP contribution in [-0.2, 0) is 12.0 Å². The Kier molecular flexibility index (Phi) is 4.33. The van der Waals surface area contributed by atoms with E-state index in [0.717, 1.165) is 22.6 Å². The summed E-state index contributed by atoms with van der Waals surface area (Å²) in [5.74, 6) is 1.41. The molecule has 3 nitrogen and oxygen atoms in total. The first-order valence-electron chi connectivity index (χ1n) is 7.27. The largest absolute Gasteiger partial charge is 0.439 e. The van der Waals surface area contributed by atoms with Crippen LogP contribution >= 0.6 is 0 Å². The molecule has 1 aromatic heterocycles. The second-order valence-corrected chi connectivity index (χ2v) is 6.45. The molecule has 1 heterocycles. The highest BCUT2D eigenvalue weighted by Gasteiger charge is 2.15. The fourth-order valence-corrected chi connectivity index (χ4v) is 2.30. The van der Waals surface area contributed by atoms with Gasteiger partial charge in [0, 0.05) is 17.8 Å². The summed E-state index contributed by atoms with van der Waals surface area (Å²) in [6, 6.07) is 10.2. The maximum atomic E-state index is 6.01. The van der Waals surface area contributed by atoms with Crippen molar-refractivity contribution in [2.24, 2.45) is 5.73 Å². The SMILES string of the molecule is Cc1cc(C)c(CN)c(Oc2cccc(C(C)(C)C)c2)n1. The van der Waals surface area contributed by atoms with Crippen LogP contribution in [0.4, 0.5) is 0 Å². The lowest BCUT2D eigenvalue weighted by molar-refractivity contribution is 0.451. The van der Waals surface area contributed by atoms with Crippen LogP contribution in [0.2, 0.25) is 0 Å². The van der Waals surface area contributed by atoms with E-state index in [9.17, 15) is 0 Å². The number of rotatable bonds is 3. The molecule has 0 saturated heterocycles. The fourth-order valence-electron chi connectivity index (χ4n) is 2.30. The van der Waals surface area contributed by atoms with E-state index in [4.69, 9.17) is 10.5 Å². The van der Waals surface area contributed by atoms with Crippen molar-refractivity contribution in [1.82, 2.24) is 4.98 Å². The van der Waals surface area contributed by atoms with Gasteiger partial charge in [0.2, 0.25) is 5.88 Å². The summed E-state index contributed by atoms with van der Waals surface area (Å²) in [6.45, 7) is 11.0. The first-order chi connectivity index (χ1) is 9.81. The van der Waals surface area contributed by atoms with Crippen molar-refractivity contribution in [3.8, 4) is 11.6 Å². The second kappa shape index (κ2) is 5.86. The minimum absolute atomic E-state index is 0.0893. The van der Waals surface area contributed by atoms with E-state index in [1.165, 1.54) is 5.56 Å². The van der Waals surface area contributed by atoms with Crippen LogP contribution in [-0.4, -0.2) is 4.98 Å². The highest BCUT2D eigenvalue weighted by atomic mass is 16.5. The third kappa shape index (κ3) is 3.61. The van der Waals surface area contributed by atoms with Gasteiger partial charge in [-0.15, -0.1) is 0 Å². The Labute approximate surface area is 127 Å². The van der Waals surface area contributed by atoms with E-state index in [0.29, 0.717) is 12.4 Å². The standard InChI is InChI=1S/C18H24N2O/c1-12-9-13(2)20-17(16(12)11-19)21-15-8-6-7-14(10-15)18(3,4)5/h6-10H,11,19H2,1-5H3. The van der Waals surface area contributed by atoms with Crippen LogP contribution in [0.3, 0.4) is 0 Å². The van der Waals surface area contributed by atoms with Crippen molar-refractivity contribution in [2.75, 3.05) is 0 Å². The number of aryl methyl sites for hydroxylation is 2. The fraction of sp³-hybridized carbons (Fsp3) is 0.389. The zero-order valence-corrected chi connectivity index (χ0v) is 13.5. The van der Waals surface area contributed by atoms with Gasteiger partial charge in [0.15, 0.2) is 0 Å². The molecule has 2 N–H and O–H groups in total. The van der Waals surface area contributed by atoms with E-state index >= 15 is 0 Å². The first-order valence-corrected chi connectivity index (χ1v) is 7.27. The molecule has 2 aromatic rings. The van der Waals surface area contributed by atoms with E-state index in [2.05, 4.69) is 37.9 Å². The molecule has 0 atom stereocenters. The average Bonchev–Trinajstić information content (AvgIpc) is 2.37. The predicted molar refractivity (Wildman–Crippen MR) is 86.8 cm³/mol. The van der Waals surface area contributed by atoms with E-state index < -0.39 is 0 Å². The van der Waals surface area contributed by atoms with Gasteiger partial charge in [-0.1, -0.05) is 32.9 Å². The third-order valence-corrected chi connectivity index (χ3v) is 3.56. The topological polar surface area (TPSA) is 48.1 Å². The molecular formula is C18H24N2O. The minimum Gasteiger partial charge on any atom is -0.439 e. The molecule has 0 bridgehead atoms. The molecule has 1 aromatic carbocycles. The monoisotopic (exact) mass is 284 g/mol. The lowest BCUT2D eigenvalue weighted by Gasteiger charge is -2.20. The van der Waals surface area contributed by atoms with Crippen LogP contribution in [0, 0.1) is 13.8 Å². The van der Waals surface area contributed by atoms with Crippen molar-refractivity contribution in [3.05, 3.63) is 52.7 Å². The Bertz CT molecular complexity index is 642. The summed E-state index contributed by atoms with van der Waals surface area (Å²) in [5.41, 5.74) is 10.2. The average molecular weight is 284 g/mol. The van der Waals surface area contributed by atoms with E-state index in [1.807, 2.05) is 32.0 Å². The molecule has 3 heteroatoms. The Hall–Kier alpha value is -1.87. The van der Waals surface area contributed by atoms with Gasteiger partial charge in [-0.25, -0.2) is 4.98 Å². The number of benzene rings is 1. The highest BCUT2D eigenvalue weighted by Crippen LogP contribution is 2.30. The highest BCUT2D eigenvalue weighted by molar-refractivity contribution is 5.40. The summed E-state index contributed by atoms with van der Waals surface area (Å²) in [6.07, 6.45) is 0. The molecule has 0 amide bonds. The summed E-state index contributed by atoms with van der Waals surface area (Å²) >= 11 is 0. The van der Waals surface area contributed by atoms with Crippen LogP contribution < -0.4 is 10.5 Å². The van der Waals surface area contributed by atoms with Gasteiger partial charge in [0.05, 0.1) is 0 Å². The molecule has 0 radical (unpaired) electrons. The number of pyridine rings is 1. The molecule has 0 unspecified atom stereocenters. The number of hydrogen-bond acceptors (Lipinski definition) is 3. The molecule has 0 spiro atoms.